The summed E-state index contributed by atoms with van der Waals surface area (Å²) in [5.74, 6) is 0.719. The van der Waals surface area contributed by atoms with E-state index in [1.165, 1.54) is 12.1 Å². The summed E-state index contributed by atoms with van der Waals surface area (Å²) in [5, 5.41) is 0.383. The molecule has 0 aliphatic heterocycles. The molecule has 0 aliphatic rings. The number of hydrogen-bond donors (Lipinski definition) is 1. The Hall–Kier alpha value is -2.14. The molecule has 3 rings (SSSR count). The number of imidazole rings is 1. The van der Waals surface area contributed by atoms with Crippen LogP contribution in [0.25, 0.3) is 22.4 Å². The molecular formula is C15H14ClFN4. The first-order valence-electron chi connectivity index (χ1n) is 6.67. The van der Waals surface area contributed by atoms with Crippen LogP contribution in [0.15, 0.2) is 30.5 Å². The van der Waals surface area contributed by atoms with Gasteiger partial charge in [0.1, 0.15) is 17.5 Å². The highest BCUT2D eigenvalue weighted by Crippen LogP contribution is 2.28. The number of nitrogen functional groups attached to an aromatic ring is 1. The molecule has 0 spiro atoms. The summed E-state index contributed by atoms with van der Waals surface area (Å²) < 4.78 is 15.5. The Balaban J connectivity index is 2.25. The Kier molecular flexibility index (Phi) is 3.51. The van der Waals surface area contributed by atoms with Crippen LogP contribution >= 0.6 is 11.6 Å². The fraction of sp³-hybridized carbons (Fsp3) is 0.200. The molecule has 108 valence electrons. The Labute approximate surface area is 126 Å². The number of halogens is 2. The molecule has 0 fully saturated rings. The minimum Gasteiger partial charge on any atom is -0.382 e. The SMILES string of the molecule is CCCn1c(-c2cnc(N)c(Cl)c2)nc2ccc(F)cc21. The van der Waals surface area contributed by atoms with E-state index in [1.54, 1.807) is 18.3 Å². The average molecular weight is 305 g/mol. The van der Waals surface area contributed by atoms with Gasteiger partial charge in [-0.15, -0.1) is 0 Å². The van der Waals surface area contributed by atoms with Crippen LogP contribution in [-0.2, 0) is 6.54 Å². The molecule has 0 saturated carbocycles. The molecule has 2 N–H and O–H groups in total. The van der Waals surface area contributed by atoms with Crippen molar-refractivity contribution in [3.63, 3.8) is 0 Å². The van der Waals surface area contributed by atoms with Gasteiger partial charge in [-0.2, -0.15) is 0 Å². The highest BCUT2D eigenvalue weighted by Gasteiger charge is 2.14. The van der Waals surface area contributed by atoms with Crippen molar-refractivity contribution in [3.8, 4) is 11.4 Å². The second-order valence-corrected chi connectivity index (χ2v) is 5.22. The quantitative estimate of drug-likeness (QED) is 0.799. The van der Waals surface area contributed by atoms with Gasteiger partial charge in [0.25, 0.3) is 0 Å². The van der Waals surface area contributed by atoms with Crippen LogP contribution < -0.4 is 5.73 Å². The van der Waals surface area contributed by atoms with Crippen molar-refractivity contribution in [1.29, 1.82) is 0 Å². The lowest BCUT2D eigenvalue weighted by Crippen LogP contribution is -2.01. The van der Waals surface area contributed by atoms with Crippen LogP contribution in [0.3, 0.4) is 0 Å². The van der Waals surface area contributed by atoms with Crippen molar-refractivity contribution in [3.05, 3.63) is 41.3 Å². The third-order valence-corrected chi connectivity index (χ3v) is 3.59. The van der Waals surface area contributed by atoms with Crippen LogP contribution in [0.1, 0.15) is 13.3 Å². The van der Waals surface area contributed by atoms with Crippen LogP contribution in [-0.4, -0.2) is 14.5 Å². The summed E-state index contributed by atoms with van der Waals surface area (Å²) in [6.07, 6.45) is 2.54. The van der Waals surface area contributed by atoms with E-state index in [-0.39, 0.29) is 11.6 Å². The van der Waals surface area contributed by atoms with E-state index in [2.05, 4.69) is 16.9 Å². The van der Waals surface area contributed by atoms with E-state index >= 15 is 0 Å². The lowest BCUT2D eigenvalue weighted by molar-refractivity contribution is 0.627. The van der Waals surface area contributed by atoms with Gasteiger partial charge in [-0.25, -0.2) is 14.4 Å². The van der Waals surface area contributed by atoms with Gasteiger partial charge in [-0.05, 0) is 30.7 Å². The third kappa shape index (κ3) is 2.45. The minimum atomic E-state index is -0.278. The van der Waals surface area contributed by atoms with E-state index in [4.69, 9.17) is 17.3 Å². The summed E-state index contributed by atoms with van der Waals surface area (Å²) in [7, 11) is 0. The summed E-state index contributed by atoms with van der Waals surface area (Å²) in [5.41, 5.74) is 7.91. The zero-order valence-electron chi connectivity index (χ0n) is 11.5. The highest BCUT2D eigenvalue weighted by atomic mass is 35.5. The molecule has 6 heteroatoms. The molecule has 2 heterocycles. The van der Waals surface area contributed by atoms with Crippen LogP contribution in [0.4, 0.5) is 10.2 Å². The van der Waals surface area contributed by atoms with Crippen molar-refractivity contribution >= 4 is 28.5 Å². The van der Waals surface area contributed by atoms with E-state index in [0.717, 1.165) is 29.6 Å². The highest BCUT2D eigenvalue weighted by molar-refractivity contribution is 6.33. The molecule has 0 atom stereocenters. The number of aryl methyl sites for hydroxylation is 1. The summed E-state index contributed by atoms with van der Waals surface area (Å²) in [6, 6.07) is 6.30. The molecule has 2 aromatic heterocycles. The van der Waals surface area contributed by atoms with Gasteiger partial charge in [0.15, 0.2) is 0 Å². The van der Waals surface area contributed by atoms with Gasteiger partial charge in [0, 0.05) is 18.3 Å². The second-order valence-electron chi connectivity index (χ2n) is 4.81. The van der Waals surface area contributed by atoms with E-state index < -0.39 is 0 Å². The summed E-state index contributed by atoms with van der Waals surface area (Å²) in [6.45, 7) is 2.79. The molecule has 0 amide bonds. The van der Waals surface area contributed by atoms with Crippen LogP contribution in [0.2, 0.25) is 5.02 Å². The Bertz CT molecular complexity index is 813. The standard InChI is InChI=1S/C15H14ClFN4/c1-2-5-21-13-7-10(17)3-4-12(13)20-15(21)9-6-11(16)14(18)19-8-9/h3-4,6-8H,2,5H2,1H3,(H2,18,19). The van der Waals surface area contributed by atoms with Crippen LogP contribution in [0, 0.1) is 5.82 Å². The normalized spacial score (nSPS) is 11.2. The maximum Gasteiger partial charge on any atom is 0.142 e. The number of hydrogen-bond acceptors (Lipinski definition) is 3. The van der Waals surface area contributed by atoms with Crippen molar-refractivity contribution in [2.75, 3.05) is 5.73 Å². The number of aromatic nitrogens is 3. The summed E-state index contributed by atoms with van der Waals surface area (Å²) >= 11 is 6.03. The number of nitrogens with zero attached hydrogens (tertiary/aromatic N) is 3. The Morgan fingerprint density at radius 2 is 2.14 bits per heavy atom. The van der Waals surface area contributed by atoms with E-state index in [9.17, 15) is 4.39 Å². The largest absolute Gasteiger partial charge is 0.382 e. The number of nitrogens with two attached hydrogens (primary N) is 1. The van der Waals surface area contributed by atoms with Crippen molar-refractivity contribution in [2.45, 2.75) is 19.9 Å². The van der Waals surface area contributed by atoms with Gasteiger partial charge in [0.05, 0.1) is 16.1 Å². The molecule has 21 heavy (non-hydrogen) atoms. The van der Waals surface area contributed by atoms with Crippen molar-refractivity contribution in [1.82, 2.24) is 14.5 Å². The lowest BCUT2D eigenvalue weighted by atomic mass is 10.2. The molecule has 3 aromatic rings. The second kappa shape index (κ2) is 5.33. The van der Waals surface area contributed by atoms with Gasteiger partial charge >= 0.3 is 0 Å². The number of benzene rings is 1. The topological polar surface area (TPSA) is 56.7 Å². The smallest absolute Gasteiger partial charge is 0.142 e. The van der Waals surface area contributed by atoms with Crippen LogP contribution in [0.5, 0.6) is 0 Å². The van der Waals surface area contributed by atoms with Gasteiger partial charge in [-0.3, -0.25) is 0 Å². The average Bonchev–Trinajstić information content (AvgIpc) is 2.81. The Morgan fingerprint density at radius 3 is 2.86 bits per heavy atom. The Morgan fingerprint density at radius 1 is 1.33 bits per heavy atom. The molecule has 0 unspecified atom stereocenters. The predicted molar refractivity (Wildman–Crippen MR) is 82.6 cm³/mol. The number of anilines is 1. The molecule has 0 saturated heterocycles. The van der Waals surface area contributed by atoms with Crippen molar-refractivity contribution < 1.29 is 4.39 Å². The number of rotatable bonds is 3. The molecule has 0 radical (unpaired) electrons. The van der Waals surface area contributed by atoms with Gasteiger partial charge < -0.3 is 10.3 Å². The fourth-order valence-electron chi connectivity index (χ4n) is 2.34. The minimum absolute atomic E-state index is 0.278. The molecular weight excluding hydrogens is 291 g/mol. The maximum atomic E-state index is 13.5. The zero-order chi connectivity index (χ0) is 15.0. The maximum absolute atomic E-state index is 13.5. The molecule has 4 nitrogen and oxygen atoms in total. The van der Waals surface area contributed by atoms with E-state index in [1.807, 2.05) is 4.57 Å². The zero-order valence-corrected chi connectivity index (χ0v) is 12.2. The van der Waals surface area contributed by atoms with Crippen molar-refractivity contribution in [2.24, 2.45) is 0 Å². The fourth-order valence-corrected chi connectivity index (χ4v) is 2.50. The predicted octanol–water partition coefficient (Wildman–Crippen LogP) is 3.88. The first kappa shape index (κ1) is 13.8. The third-order valence-electron chi connectivity index (χ3n) is 3.29. The van der Waals surface area contributed by atoms with E-state index in [0.29, 0.717) is 10.8 Å². The first-order chi connectivity index (χ1) is 10.1. The molecule has 0 bridgehead atoms. The first-order valence-corrected chi connectivity index (χ1v) is 7.05. The van der Waals surface area contributed by atoms with Gasteiger partial charge in [0.2, 0.25) is 0 Å². The number of pyridine rings is 1. The molecule has 0 aliphatic carbocycles. The lowest BCUT2D eigenvalue weighted by Gasteiger charge is -2.08. The monoisotopic (exact) mass is 304 g/mol. The van der Waals surface area contributed by atoms with Gasteiger partial charge in [-0.1, -0.05) is 18.5 Å². The summed E-state index contributed by atoms with van der Waals surface area (Å²) in [4.78, 5) is 8.63. The number of fused-ring (bicyclic) bond motifs is 1. The molecule has 1 aromatic carbocycles.